The van der Waals surface area contributed by atoms with Crippen LogP contribution in [-0.4, -0.2) is 21.6 Å². The van der Waals surface area contributed by atoms with Gasteiger partial charge in [-0.2, -0.15) is 0 Å². The van der Waals surface area contributed by atoms with Crippen LogP contribution in [0.5, 0.6) is 0 Å². The van der Waals surface area contributed by atoms with Gasteiger partial charge in [-0.1, -0.05) is 24.6 Å². The van der Waals surface area contributed by atoms with Gasteiger partial charge in [-0.15, -0.1) is 0 Å². The Morgan fingerprint density at radius 2 is 2.10 bits per heavy atom. The first-order chi connectivity index (χ1) is 9.99. The summed E-state index contributed by atoms with van der Waals surface area (Å²) in [5.74, 6) is 0.774. The topological polar surface area (TPSA) is 58.0 Å². The van der Waals surface area contributed by atoms with E-state index in [9.17, 15) is 9.50 Å². The second-order valence-electron chi connectivity index (χ2n) is 4.72. The summed E-state index contributed by atoms with van der Waals surface area (Å²) in [7, 11) is 0. The average molecular weight is 310 g/mol. The molecule has 1 heterocycles. The second kappa shape index (κ2) is 6.83. The van der Waals surface area contributed by atoms with E-state index >= 15 is 0 Å². The van der Waals surface area contributed by atoms with E-state index in [4.69, 9.17) is 11.6 Å². The molecule has 4 nitrogen and oxygen atoms in total. The van der Waals surface area contributed by atoms with Crippen LogP contribution in [0.15, 0.2) is 24.3 Å². The first kappa shape index (κ1) is 15.7. The van der Waals surface area contributed by atoms with Crippen molar-refractivity contribution in [1.29, 1.82) is 0 Å². The molecule has 1 atom stereocenters. The maximum Gasteiger partial charge on any atom is 0.142 e. The highest BCUT2D eigenvalue weighted by Crippen LogP contribution is 2.20. The largest absolute Gasteiger partial charge is 0.387 e. The lowest BCUT2D eigenvalue weighted by molar-refractivity contribution is 0.191. The van der Waals surface area contributed by atoms with Crippen LogP contribution in [0, 0.1) is 12.7 Å². The number of aryl methyl sites for hydroxylation is 2. The molecule has 0 aliphatic heterocycles. The molecule has 2 aromatic rings. The summed E-state index contributed by atoms with van der Waals surface area (Å²) in [5, 5.41) is 13.2. The van der Waals surface area contributed by atoms with E-state index in [0.717, 1.165) is 12.1 Å². The fourth-order valence-corrected chi connectivity index (χ4v) is 2.06. The molecule has 0 saturated carbocycles. The molecule has 0 bridgehead atoms. The lowest BCUT2D eigenvalue weighted by Crippen LogP contribution is -2.14. The van der Waals surface area contributed by atoms with Crippen molar-refractivity contribution < 1.29 is 9.50 Å². The molecule has 0 aliphatic carbocycles. The van der Waals surface area contributed by atoms with Crippen LogP contribution in [0.3, 0.4) is 0 Å². The van der Waals surface area contributed by atoms with Crippen molar-refractivity contribution in [2.45, 2.75) is 26.4 Å². The highest BCUT2D eigenvalue weighted by molar-refractivity contribution is 6.30. The van der Waals surface area contributed by atoms with Gasteiger partial charge in [0.1, 0.15) is 17.5 Å². The van der Waals surface area contributed by atoms with Crippen molar-refractivity contribution in [3.63, 3.8) is 0 Å². The van der Waals surface area contributed by atoms with Crippen LogP contribution >= 0.6 is 11.6 Å². The van der Waals surface area contributed by atoms with Gasteiger partial charge in [-0.05, 0) is 31.0 Å². The number of aliphatic hydroxyl groups is 1. The number of aliphatic hydroxyl groups excluding tert-OH is 1. The van der Waals surface area contributed by atoms with Gasteiger partial charge in [0.25, 0.3) is 0 Å². The molecule has 0 radical (unpaired) electrons. The number of rotatable bonds is 5. The Morgan fingerprint density at radius 3 is 2.76 bits per heavy atom. The number of nitrogens with one attached hydrogen (secondary N) is 1. The van der Waals surface area contributed by atoms with E-state index in [1.807, 2.05) is 19.9 Å². The van der Waals surface area contributed by atoms with Crippen molar-refractivity contribution in [2.75, 3.05) is 11.9 Å². The predicted octanol–water partition coefficient (Wildman–Crippen LogP) is 3.29. The third-order valence-electron chi connectivity index (χ3n) is 3.06. The summed E-state index contributed by atoms with van der Waals surface area (Å²) in [6.07, 6.45) is -0.0414. The maximum absolute atomic E-state index is 13.4. The van der Waals surface area contributed by atoms with E-state index in [-0.39, 0.29) is 11.6 Å². The Kier molecular flexibility index (Phi) is 5.09. The Labute approximate surface area is 128 Å². The summed E-state index contributed by atoms with van der Waals surface area (Å²) in [4.78, 5) is 8.53. The van der Waals surface area contributed by atoms with Crippen molar-refractivity contribution in [2.24, 2.45) is 0 Å². The summed E-state index contributed by atoms with van der Waals surface area (Å²) in [6.45, 7) is 4.05. The molecule has 0 aliphatic rings. The molecule has 1 aromatic carbocycles. The summed E-state index contributed by atoms with van der Waals surface area (Å²) in [5.41, 5.74) is 1.39. The third-order valence-corrected chi connectivity index (χ3v) is 3.36. The Bertz CT molecular complexity index is 636. The predicted molar refractivity (Wildman–Crippen MR) is 81.0 cm³/mol. The van der Waals surface area contributed by atoms with Gasteiger partial charge in [-0.25, -0.2) is 14.4 Å². The molecule has 1 aromatic heterocycles. The number of aromatic nitrogens is 2. The molecule has 0 saturated heterocycles. The van der Waals surface area contributed by atoms with Gasteiger partial charge >= 0.3 is 0 Å². The summed E-state index contributed by atoms with van der Waals surface area (Å²) in [6, 6.07) is 6.10. The average Bonchev–Trinajstić information content (AvgIpc) is 2.47. The summed E-state index contributed by atoms with van der Waals surface area (Å²) >= 11 is 5.62. The second-order valence-corrected chi connectivity index (χ2v) is 5.12. The number of anilines is 1. The minimum atomic E-state index is -0.850. The molecule has 2 N–H and O–H groups in total. The molecule has 6 heteroatoms. The molecule has 1 unspecified atom stereocenters. The molecule has 112 valence electrons. The van der Waals surface area contributed by atoms with E-state index in [1.54, 1.807) is 6.07 Å². The lowest BCUT2D eigenvalue weighted by Gasteiger charge is -2.14. The van der Waals surface area contributed by atoms with Crippen molar-refractivity contribution in [3.05, 3.63) is 52.2 Å². The number of halogens is 2. The maximum atomic E-state index is 13.4. The fraction of sp³-hybridized carbons (Fsp3) is 0.333. The number of nitrogens with zero attached hydrogens (tertiary/aromatic N) is 2. The van der Waals surface area contributed by atoms with E-state index in [1.165, 1.54) is 12.1 Å². The Balaban J connectivity index is 2.05. The first-order valence-corrected chi connectivity index (χ1v) is 7.09. The standard InChI is InChI=1S/C15H17ClFN3O/c1-3-11-7-15(20-9(2)19-11)18-8-14(21)10-4-5-12(16)13(17)6-10/h4-7,14,21H,3,8H2,1-2H3,(H,18,19,20). The van der Waals surface area contributed by atoms with Crippen LogP contribution in [0.1, 0.15) is 30.1 Å². The highest BCUT2D eigenvalue weighted by Gasteiger charge is 2.11. The van der Waals surface area contributed by atoms with Crippen LogP contribution in [0.2, 0.25) is 5.02 Å². The van der Waals surface area contributed by atoms with Crippen LogP contribution < -0.4 is 5.32 Å². The molecule has 0 fully saturated rings. The van der Waals surface area contributed by atoms with Crippen LogP contribution in [0.4, 0.5) is 10.2 Å². The number of hydrogen-bond acceptors (Lipinski definition) is 4. The van der Waals surface area contributed by atoms with Gasteiger partial charge in [0.05, 0.1) is 11.1 Å². The SMILES string of the molecule is CCc1cc(NCC(O)c2ccc(Cl)c(F)c2)nc(C)n1. The zero-order chi connectivity index (χ0) is 15.4. The van der Waals surface area contributed by atoms with Crippen molar-refractivity contribution in [1.82, 2.24) is 9.97 Å². The van der Waals surface area contributed by atoms with Crippen molar-refractivity contribution >= 4 is 17.4 Å². The Hall–Kier alpha value is -1.72. The zero-order valence-corrected chi connectivity index (χ0v) is 12.7. The zero-order valence-electron chi connectivity index (χ0n) is 11.9. The minimum absolute atomic E-state index is 0.0397. The fourth-order valence-electron chi connectivity index (χ4n) is 1.94. The molecule has 21 heavy (non-hydrogen) atoms. The normalized spacial score (nSPS) is 12.2. The van der Waals surface area contributed by atoms with Gasteiger partial charge in [0, 0.05) is 18.3 Å². The minimum Gasteiger partial charge on any atom is -0.387 e. The van der Waals surface area contributed by atoms with E-state index in [2.05, 4.69) is 15.3 Å². The Morgan fingerprint density at radius 1 is 1.33 bits per heavy atom. The van der Waals surface area contributed by atoms with Gasteiger partial charge in [-0.3, -0.25) is 0 Å². The highest BCUT2D eigenvalue weighted by atomic mass is 35.5. The molecule has 0 spiro atoms. The lowest BCUT2D eigenvalue weighted by atomic mass is 10.1. The van der Waals surface area contributed by atoms with Crippen LogP contribution in [-0.2, 0) is 6.42 Å². The smallest absolute Gasteiger partial charge is 0.142 e. The van der Waals surface area contributed by atoms with Gasteiger partial charge < -0.3 is 10.4 Å². The van der Waals surface area contributed by atoms with Crippen molar-refractivity contribution in [3.8, 4) is 0 Å². The van der Waals surface area contributed by atoms with E-state index < -0.39 is 11.9 Å². The molecular weight excluding hydrogens is 293 g/mol. The number of benzene rings is 1. The molecule has 0 amide bonds. The summed E-state index contributed by atoms with van der Waals surface area (Å²) < 4.78 is 13.4. The molecule has 2 rings (SSSR count). The monoisotopic (exact) mass is 309 g/mol. The number of hydrogen-bond donors (Lipinski definition) is 2. The van der Waals surface area contributed by atoms with E-state index in [0.29, 0.717) is 17.2 Å². The van der Waals surface area contributed by atoms with Gasteiger partial charge in [0.2, 0.25) is 0 Å². The first-order valence-electron chi connectivity index (χ1n) is 6.71. The van der Waals surface area contributed by atoms with Crippen LogP contribution in [0.25, 0.3) is 0 Å². The van der Waals surface area contributed by atoms with Gasteiger partial charge in [0.15, 0.2) is 0 Å². The third kappa shape index (κ3) is 4.12. The quantitative estimate of drug-likeness (QED) is 0.890. The molecular formula is C15H17ClFN3O.